The van der Waals surface area contributed by atoms with Crippen molar-refractivity contribution in [2.45, 2.75) is 27.2 Å². The number of carbonyl (C=O) groups is 1. The van der Waals surface area contributed by atoms with Crippen LogP contribution in [0.5, 0.6) is 0 Å². The molecule has 0 saturated carbocycles. The van der Waals surface area contributed by atoms with Crippen molar-refractivity contribution in [1.29, 1.82) is 0 Å². The highest BCUT2D eigenvalue weighted by Gasteiger charge is 2.23. The molecule has 4 heteroatoms. The highest BCUT2D eigenvalue weighted by Crippen LogP contribution is 2.25. The van der Waals surface area contributed by atoms with Crippen LogP contribution < -0.4 is 4.90 Å². The Balaban J connectivity index is 2.23. The van der Waals surface area contributed by atoms with Gasteiger partial charge in [0.05, 0.1) is 11.3 Å². The molecule has 1 aromatic heterocycles. The number of aryl methyl sites for hydroxylation is 1. The summed E-state index contributed by atoms with van der Waals surface area (Å²) in [5.74, 6) is 1.31. The Morgan fingerprint density at radius 3 is 2.44 bits per heavy atom. The van der Waals surface area contributed by atoms with Gasteiger partial charge in [-0.15, -0.1) is 0 Å². The Morgan fingerprint density at radius 2 is 1.94 bits per heavy atom. The highest BCUT2D eigenvalue weighted by molar-refractivity contribution is 5.89. The molecule has 1 saturated heterocycles. The Kier molecular flexibility index (Phi) is 3.55. The zero-order valence-electron chi connectivity index (χ0n) is 11.2. The van der Waals surface area contributed by atoms with Crippen molar-refractivity contribution in [2.75, 3.05) is 18.0 Å². The van der Waals surface area contributed by atoms with E-state index in [4.69, 9.17) is 5.11 Å². The minimum atomic E-state index is -0.910. The van der Waals surface area contributed by atoms with Gasteiger partial charge in [0, 0.05) is 13.1 Å². The lowest BCUT2D eigenvalue weighted by molar-refractivity contribution is 0.0695. The van der Waals surface area contributed by atoms with Gasteiger partial charge in [0.2, 0.25) is 0 Å². The van der Waals surface area contributed by atoms with E-state index < -0.39 is 5.97 Å². The van der Waals surface area contributed by atoms with Crippen LogP contribution >= 0.6 is 0 Å². The van der Waals surface area contributed by atoms with Gasteiger partial charge >= 0.3 is 5.97 Å². The third kappa shape index (κ3) is 2.63. The molecule has 2 rings (SSSR count). The molecule has 0 amide bonds. The number of hydrogen-bond donors (Lipinski definition) is 1. The van der Waals surface area contributed by atoms with Crippen molar-refractivity contribution in [1.82, 2.24) is 4.98 Å². The van der Waals surface area contributed by atoms with E-state index in [0.29, 0.717) is 17.5 Å². The molecule has 0 spiro atoms. The maximum absolute atomic E-state index is 11.0. The molecule has 0 radical (unpaired) electrons. The molecule has 1 aliphatic heterocycles. The minimum Gasteiger partial charge on any atom is -0.478 e. The average Bonchev–Trinajstić information content (AvgIpc) is 2.26. The first-order valence-electron chi connectivity index (χ1n) is 6.43. The van der Waals surface area contributed by atoms with Gasteiger partial charge in [-0.25, -0.2) is 9.78 Å². The van der Waals surface area contributed by atoms with E-state index in [1.165, 1.54) is 6.42 Å². The van der Waals surface area contributed by atoms with E-state index in [9.17, 15) is 4.79 Å². The lowest BCUT2D eigenvalue weighted by Crippen LogP contribution is -2.39. The third-order valence-electron chi connectivity index (χ3n) is 3.49. The number of rotatable bonds is 2. The van der Waals surface area contributed by atoms with Gasteiger partial charge in [0.15, 0.2) is 0 Å². The molecule has 98 valence electrons. The zero-order valence-corrected chi connectivity index (χ0v) is 11.2. The first-order valence-corrected chi connectivity index (χ1v) is 6.43. The van der Waals surface area contributed by atoms with Gasteiger partial charge in [-0.1, -0.05) is 13.8 Å². The second-order valence-electron chi connectivity index (χ2n) is 5.46. The fourth-order valence-corrected chi connectivity index (χ4v) is 2.80. The molecule has 0 bridgehead atoms. The number of nitrogens with zero attached hydrogens (tertiary/aromatic N) is 2. The molecule has 1 aliphatic rings. The second-order valence-corrected chi connectivity index (χ2v) is 5.46. The van der Waals surface area contributed by atoms with Crippen molar-refractivity contribution < 1.29 is 9.90 Å². The number of aromatic nitrogens is 1. The maximum Gasteiger partial charge on any atom is 0.337 e. The monoisotopic (exact) mass is 248 g/mol. The van der Waals surface area contributed by atoms with E-state index in [1.54, 1.807) is 13.0 Å². The number of carboxylic acid groups (broad SMARTS) is 1. The molecular weight excluding hydrogens is 228 g/mol. The van der Waals surface area contributed by atoms with Crippen molar-refractivity contribution in [3.05, 3.63) is 23.4 Å². The Labute approximate surface area is 108 Å². The molecule has 18 heavy (non-hydrogen) atoms. The molecule has 2 heterocycles. The lowest BCUT2D eigenvalue weighted by Gasteiger charge is -2.36. The van der Waals surface area contributed by atoms with E-state index in [2.05, 4.69) is 23.7 Å². The summed E-state index contributed by atoms with van der Waals surface area (Å²) >= 11 is 0. The lowest BCUT2D eigenvalue weighted by atomic mass is 9.92. The molecular formula is C14H20N2O2. The first-order chi connectivity index (χ1) is 8.47. The summed E-state index contributed by atoms with van der Waals surface area (Å²) in [6.45, 7) is 8.26. The zero-order chi connectivity index (χ0) is 13.3. The SMILES string of the molecule is Cc1nc(N2CC(C)CC(C)C2)ccc1C(=O)O. The standard InChI is InChI=1S/C14H20N2O2/c1-9-6-10(2)8-16(7-9)13-5-4-12(14(17)18)11(3)15-13/h4-5,9-10H,6-8H2,1-3H3,(H,17,18). The van der Waals surface area contributed by atoms with Gasteiger partial charge in [-0.2, -0.15) is 0 Å². The van der Waals surface area contributed by atoms with Crippen LogP contribution in [0.3, 0.4) is 0 Å². The minimum absolute atomic E-state index is 0.289. The number of pyridine rings is 1. The number of carboxylic acids is 1. The molecule has 0 aliphatic carbocycles. The van der Waals surface area contributed by atoms with Crippen LogP contribution in [0.15, 0.2) is 12.1 Å². The van der Waals surface area contributed by atoms with Gasteiger partial charge < -0.3 is 10.0 Å². The molecule has 1 N–H and O–H groups in total. The van der Waals surface area contributed by atoms with Crippen LogP contribution in [0.25, 0.3) is 0 Å². The van der Waals surface area contributed by atoms with Crippen molar-refractivity contribution in [3.8, 4) is 0 Å². The van der Waals surface area contributed by atoms with Gasteiger partial charge in [-0.05, 0) is 37.3 Å². The second kappa shape index (κ2) is 4.96. The largest absolute Gasteiger partial charge is 0.478 e. The molecule has 1 aromatic rings. The highest BCUT2D eigenvalue weighted by atomic mass is 16.4. The summed E-state index contributed by atoms with van der Waals surface area (Å²) in [5, 5.41) is 9.00. The number of piperidine rings is 1. The summed E-state index contributed by atoms with van der Waals surface area (Å²) in [6.07, 6.45) is 1.25. The average molecular weight is 248 g/mol. The molecule has 1 fully saturated rings. The van der Waals surface area contributed by atoms with E-state index in [1.807, 2.05) is 6.07 Å². The van der Waals surface area contributed by atoms with Gasteiger partial charge in [0.1, 0.15) is 5.82 Å². The Morgan fingerprint density at radius 1 is 1.33 bits per heavy atom. The number of anilines is 1. The molecule has 4 nitrogen and oxygen atoms in total. The normalized spacial score (nSPS) is 24.1. The predicted molar refractivity (Wildman–Crippen MR) is 71.1 cm³/mol. The molecule has 0 aromatic carbocycles. The van der Waals surface area contributed by atoms with Gasteiger partial charge in [0.25, 0.3) is 0 Å². The summed E-state index contributed by atoms with van der Waals surface area (Å²) in [4.78, 5) is 17.7. The van der Waals surface area contributed by atoms with Crippen LogP contribution in [-0.4, -0.2) is 29.1 Å². The summed E-state index contributed by atoms with van der Waals surface area (Å²) in [5.41, 5.74) is 0.878. The van der Waals surface area contributed by atoms with Gasteiger partial charge in [-0.3, -0.25) is 0 Å². The van der Waals surface area contributed by atoms with E-state index in [0.717, 1.165) is 18.9 Å². The molecule has 2 unspecified atom stereocenters. The first kappa shape index (κ1) is 12.9. The quantitative estimate of drug-likeness (QED) is 0.874. The smallest absolute Gasteiger partial charge is 0.337 e. The predicted octanol–water partition coefficient (Wildman–Crippen LogP) is 2.57. The van der Waals surface area contributed by atoms with Crippen LogP contribution in [0, 0.1) is 18.8 Å². The van der Waals surface area contributed by atoms with Crippen molar-refractivity contribution in [3.63, 3.8) is 0 Å². The Hall–Kier alpha value is -1.58. The van der Waals surface area contributed by atoms with Crippen LogP contribution in [0.1, 0.15) is 36.3 Å². The van der Waals surface area contributed by atoms with Crippen LogP contribution in [-0.2, 0) is 0 Å². The van der Waals surface area contributed by atoms with Crippen LogP contribution in [0.4, 0.5) is 5.82 Å². The summed E-state index contributed by atoms with van der Waals surface area (Å²) in [6, 6.07) is 3.48. The topological polar surface area (TPSA) is 53.4 Å². The summed E-state index contributed by atoms with van der Waals surface area (Å²) < 4.78 is 0. The van der Waals surface area contributed by atoms with E-state index >= 15 is 0 Å². The van der Waals surface area contributed by atoms with Crippen molar-refractivity contribution in [2.24, 2.45) is 11.8 Å². The summed E-state index contributed by atoms with van der Waals surface area (Å²) in [7, 11) is 0. The third-order valence-corrected chi connectivity index (χ3v) is 3.49. The maximum atomic E-state index is 11.0. The van der Waals surface area contributed by atoms with E-state index in [-0.39, 0.29) is 5.56 Å². The number of hydrogen-bond acceptors (Lipinski definition) is 3. The number of aromatic carboxylic acids is 1. The van der Waals surface area contributed by atoms with Crippen LogP contribution in [0.2, 0.25) is 0 Å². The molecule has 2 atom stereocenters. The van der Waals surface area contributed by atoms with Crippen molar-refractivity contribution >= 4 is 11.8 Å². The fraction of sp³-hybridized carbons (Fsp3) is 0.571. The Bertz CT molecular complexity index is 449. The fourth-order valence-electron chi connectivity index (χ4n) is 2.80.